The molecular weight excluding hydrogens is 237 g/mol. The number of hydrogen-bond donors (Lipinski definition) is 1. The Hall–Kier alpha value is -1.67. The summed E-state index contributed by atoms with van der Waals surface area (Å²) in [6.45, 7) is 4.06. The van der Waals surface area contributed by atoms with Crippen molar-refractivity contribution < 1.29 is 4.39 Å². The highest BCUT2D eigenvalue weighted by atomic mass is 19.1. The van der Waals surface area contributed by atoms with Crippen molar-refractivity contribution in [1.82, 2.24) is 0 Å². The summed E-state index contributed by atoms with van der Waals surface area (Å²) in [5.41, 5.74) is 10.7. The van der Waals surface area contributed by atoms with Gasteiger partial charge in [0.1, 0.15) is 5.82 Å². The van der Waals surface area contributed by atoms with Gasteiger partial charge in [-0.3, -0.25) is 0 Å². The molecule has 2 aromatic rings. The summed E-state index contributed by atoms with van der Waals surface area (Å²) in [7, 11) is 0. The van der Waals surface area contributed by atoms with E-state index >= 15 is 0 Å². The minimum Gasteiger partial charge on any atom is -0.327 e. The molecule has 0 saturated carbocycles. The molecule has 2 heteroatoms. The first-order valence-electron chi connectivity index (χ1n) is 6.61. The van der Waals surface area contributed by atoms with Gasteiger partial charge in [0, 0.05) is 6.04 Å². The minimum absolute atomic E-state index is 0.0169. The van der Waals surface area contributed by atoms with E-state index in [2.05, 4.69) is 31.2 Å². The molecule has 0 aliphatic carbocycles. The molecule has 0 spiro atoms. The number of aryl methyl sites for hydroxylation is 2. The van der Waals surface area contributed by atoms with Gasteiger partial charge in [-0.25, -0.2) is 4.39 Å². The number of benzene rings is 2. The number of rotatable bonds is 4. The highest BCUT2D eigenvalue weighted by molar-refractivity contribution is 5.28. The second-order valence-electron chi connectivity index (χ2n) is 5.22. The Morgan fingerprint density at radius 2 is 1.68 bits per heavy atom. The van der Waals surface area contributed by atoms with Gasteiger partial charge in [0.2, 0.25) is 0 Å². The molecule has 0 heterocycles. The topological polar surface area (TPSA) is 26.0 Å². The molecule has 1 atom stereocenters. The van der Waals surface area contributed by atoms with Crippen LogP contribution in [0.1, 0.15) is 22.3 Å². The smallest absolute Gasteiger partial charge is 0.123 e. The summed E-state index contributed by atoms with van der Waals surface area (Å²) in [6, 6.07) is 13.3. The molecule has 0 aliphatic heterocycles. The molecule has 2 rings (SSSR count). The summed E-state index contributed by atoms with van der Waals surface area (Å²) < 4.78 is 13.2. The Labute approximate surface area is 114 Å². The maximum absolute atomic E-state index is 13.2. The van der Waals surface area contributed by atoms with Crippen molar-refractivity contribution >= 4 is 0 Å². The third-order valence-electron chi connectivity index (χ3n) is 3.41. The van der Waals surface area contributed by atoms with Crippen LogP contribution in [0, 0.1) is 19.7 Å². The van der Waals surface area contributed by atoms with Crippen LogP contribution in [-0.2, 0) is 12.8 Å². The number of hydrogen-bond acceptors (Lipinski definition) is 1. The van der Waals surface area contributed by atoms with Crippen molar-refractivity contribution in [3.05, 3.63) is 70.5 Å². The normalized spacial score (nSPS) is 12.4. The van der Waals surface area contributed by atoms with Crippen LogP contribution in [0.5, 0.6) is 0 Å². The summed E-state index contributed by atoms with van der Waals surface area (Å²) in [5.74, 6) is -0.192. The maximum atomic E-state index is 13.2. The fourth-order valence-electron chi connectivity index (χ4n) is 2.24. The van der Waals surface area contributed by atoms with Crippen molar-refractivity contribution in [2.24, 2.45) is 5.73 Å². The van der Waals surface area contributed by atoms with Crippen molar-refractivity contribution in [2.45, 2.75) is 32.7 Å². The van der Waals surface area contributed by atoms with Crippen LogP contribution in [0.15, 0.2) is 42.5 Å². The van der Waals surface area contributed by atoms with Crippen molar-refractivity contribution in [2.75, 3.05) is 0 Å². The second kappa shape index (κ2) is 5.98. The van der Waals surface area contributed by atoms with Crippen LogP contribution in [0.3, 0.4) is 0 Å². The Bertz CT molecular complexity index is 546. The summed E-state index contributed by atoms with van der Waals surface area (Å²) in [5, 5.41) is 0. The highest BCUT2D eigenvalue weighted by Gasteiger charge is 2.08. The molecule has 1 unspecified atom stereocenters. The van der Waals surface area contributed by atoms with E-state index in [9.17, 15) is 4.39 Å². The summed E-state index contributed by atoms with van der Waals surface area (Å²) in [4.78, 5) is 0. The molecule has 2 aromatic carbocycles. The van der Waals surface area contributed by atoms with E-state index in [0.29, 0.717) is 6.42 Å². The van der Waals surface area contributed by atoms with Crippen molar-refractivity contribution in [3.63, 3.8) is 0 Å². The summed E-state index contributed by atoms with van der Waals surface area (Å²) in [6.07, 6.45) is 1.52. The van der Waals surface area contributed by atoms with Gasteiger partial charge >= 0.3 is 0 Å². The molecule has 0 fully saturated rings. The highest BCUT2D eigenvalue weighted by Crippen LogP contribution is 2.14. The van der Waals surface area contributed by atoms with Gasteiger partial charge < -0.3 is 5.73 Å². The third-order valence-corrected chi connectivity index (χ3v) is 3.41. The monoisotopic (exact) mass is 257 g/mol. The zero-order chi connectivity index (χ0) is 13.8. The van der Waals surface area contributed by atoms with Crippen molar-refractivity contribution in [3.8, 4) is 0 Å². The SMILES string of the molecule is Cc1ccc(CC(N)Cc2cc(F)ccc2C)cc1. The molecular formula is C17H20FN. The van der Waals surface area contributed by atoms with Crippen LogP contribution >= 0.6 is 0 Å². The molecule has 0 saturated heterocycles. The zero-order valence-corrected chi connectivity index (χ0v) is 11.5. The molecule has 19 heavy (non-hydrogen) atoms. The molecule has 0 amide bonds. The van der Waals surface area contributed by atoms with E-state index in [4.69, 9.17) is 5.73 Å². The minimum atomic E-state index is -0.192. The fourth-order valence-corrected chi connectivity index (χ4v) is 2.24. The van der Waals surface area contributed by atoms with Crippen LogP contribution in [0.4, 0.5) is 4.39 Å². The van der Waals surface area contributed by atoms with Gasteiger partial charge in [0.15, 0.2) is 0 Å². The van der Waals surface area contributed by atoms with Gasteiger partial charge in [-0.2, -0.15) is 0 Å². The van der Waals surface area contributed by atoms with Gasteiger partial charge in [0.05, 0.1) is 0 Å². The van der Waals surface area contributed by atoms with Gasteiger partial charge in [0.25, 0.3) is 0 Å². The Morgan fingerprint density at radius 1 is 1.00 bits per heavy atom. The van der Waals surface area contributed by atoms with E-state index in [1.807, 2.05) is 13.0 Å². The van der Waals surface area contributed by atoms with E-state index in [1.165, 1.54) is 17.2 Å². The molecule has 1 nitrogen and oxygen atoms in total. The fraction of sp³-hybridized carbons (Fsp3) is 0.294. The van der Waals surface area contributed by atoms with E-state index in [-0.39, 0.29) is 11.9 Å². The molecule has 100 valence electrons. The van der Waals surface area contributed by atoms with Crippen LogP contribution in [0.25, 0.3) is 0 Å². The van der Waals surface area contributed by atoms with E-state index < -0.39 is 0 Å². The third kappa shape index (κ3) is 3.90. The van der Waals surface area contributed by atoms with Crippen LogP contribution in [-0.4, -0.2) is 6.04 Å². The first-order chi connectivity index (χ1) is 9.04. The Morgan fingerprint density at radius 3 is 2.37 bits per heavy atom. The predicted molar refractivity (Wildman–Crippen MR) is 77.7 cm³/mol. The average molecular weight is 257 g/mol. The van der Waals surface area contributed by atoms with Gasteiger partial charge in [-0.1, -0.05) is 35.9 Å². The average Bonchev–Trinajstić information content (AvgIpc) is 2.37. The van der Waals surface area contributed by atoms with Crippen molar-refractivity contribution in [1.29, 1.82) is 0 Å². The molecule has 0 aromatic heterocycles. The molecule has 2 N–H and O–H groups in total. The van der Waals surface area contributed by atoms with E-state index in [1.54, 1.807) is 6.07 Å². The lowest BCUT2D eigenvalue weighted by Gasteiger charge is -2.14. The quantitative estimate of drug-likeness (QED) is 0.890. The van der Waals surface area contributed by atoms with Crippen LogP contribution < -0.4 is 5.73 Å². The predicted octanol–water partition coefficient (Wildman–Crippen LogP) is 3.56. The maximum Gasteiger partial charge on any atom is 0.123 e. The first kappa shape index (κ1) is 13.8. The van der Waals surface area contributed by atoms with E-state index in [0.717, 1.165) is 17.5 Å². The lowest BCUT2D eigenvalue weighted by atomic mass is 9.96. The lowest BCUT2D eigenvalue weighted by Crippen LogP contribution is -2.26. The van der Waals surface area contributed by atoms with Gasteiger partial charge in [-0.05, 0) is 55.5 Å². The summed E-state index contributed by atoms with van der Waals surface area (Å²) >= 11 is 0. The standard InChI is InChI=1S/C17H20FN/c1-12-3-6-14(7-4-12)9-17(19)11-15-10-16(18)8-5-13(15)2/h3-8,10,17H,9,11,19H2,1-2H3. The Kier molecular flexibility index (Phi) is 4.33. The first-order valence-corrected chi connectivity index (χ1v) is 6.61. The zero-order valence-electron chi connectivity index (χ0n) is 11.5. The van der Waals surface area contributed by atoms with Gasteiger partial charge in [-0.15, -0.1) is 0 Å². The molecule has 0 radical (unpaired) electrons. The Balaban J connectivity index is 2.02. The lowest BCUT2D eigenvalue weighted by molar-refractivity contribution is 0.616. The second-order valence-corrected chi connectivity index (χ2v) is 5.22. The number of nitrogens with two attached hydrogens (primary N) is 1. The van der Waals surface area contributed by atoms with Crippen LogP contribution in [0.2, 0.25) is 0 Å². The number of halogens is 1. The molecule has 0 bridgehead atoms. The molecule has 0 aliphatic rings. The largest absolute Gasteiger partial charge is 0.327 e.